The fourth-order valence-corrected chi connectivity index (χ4v) is 2.03. The molecule has 0 radical (unpaired) electrons. The first-order chi connectivity index (χ1) is 7.49. The van der Waals surface area contributed by atoms with Gasteiger partial charge in [-0.25, -0.2) is 0 Å². The van der Waals surface area contributed by atoms with Crippen molar-refractivity contribution in [3.63, 3.8) is 0 Å². The zero-order valence-electron chi connectivity index (χ0n) is 9.27. The molecule has 4 heteroatoms. The average molecular weight is 238 g/mol. The van der Waals surface area contributed by atoms with E-state index < -0.39 is 11.9 Å². The van der Waals surface area contributed by atoms with Crippen molar-refractivity contribution in [2.24, 2.45) is 5.92 Å². The monoisotopic (exact) mass is 238 g/mol. The highest BCUT2D eigenvalue weighted by molar-refractivity contribution is 8.13. The summed E-state index contributed by atoms with van der Waals surface area (Å²) in [6.45, 7) is 3.18. The van der Waals surface area contributed by atoms with Gasteiger partial charge in [0.05, 0.1) is 5.92 Å². The second-order valence-electron chi connectivity index (χ2n) is 3.68. The van der Waals surface area contributed by atoms with Gasteiger partial charge in [0.1, 0.15) is 0 Å². The van der Waals surface area contributed by atoms with Crippen LogP contribution in [0.25, 0.3) is 0 Å². The van der Waals surface area contributed by atoms with Crippen LogP contribution in [0.2, 0.25) is 0 Å². The number of benzene rings is 1. The minimum absolute atomic E-state index is 0.0310. The highest BCUT2D eigenvalue weighted by Gasteiger charge is 2.11. The predicted octanol–water partition coefficient (Wildman–Crippen LogP) is 2.59. The van der Waals surface area contributed by atoms with Crippen LogP contribution in [0.1, 0.15) is 19.4 Å². The molecule has 0 bridgehead atoms. The highest BCUT2D eigenvalue weighted by atomic mass is 32.2. The first-order valence-electron chi connectivity index (χ1n) is 4.99. The molecule has 1 rings (SSSR count). The third kappa shape index (κ3) is 4.06. The molecule has 86 valence electrons. The Morgan fingerprint density at radius 2 is 2.12 bits per heavy atom. The lowest BCUT2D eigenvalue weighted by atomic mass is 10.0. The molecule has 0 aromatic heterocycles. The van der Waals surface area contributed by atoms with Gasteiger partial charge in [-0.15, -0.1) is 0 Å². The predicted molar refractivity (Wildman–Crippen MR) is 63.5 cm³/mol. The van der Waals surface area contributed by atoms with E-state index in [2.05, 4.69) is 0 Å². The van der Waals surface area contributed by atoms with Crippen molar-refractivity contribution in [2.45, 2.75) is 25.2 Å². The Balaban J connectivity index is 2.74. The van der Waals surface area contributed by atoms with Crippen molar-refractivity contribution < 1.29 is 14.7 Å². The summed E-state index contributed by atoms with van der Waals surface area (Å²) in [7, 11) is 0. The molecule has 0 heterocycles. The SMILES string of the molecule is CC(=O)Sc1cccc(CC(C)C(=O)O)c1. The van der Waals surface area contributed by atoms with E-state index in [1.165, 1.54) is 6.92 Å². The fraction of sp³-hybridized carbons (Fsp3) is 0.333. The number of hydrogen-bond donors (Lipinski definition) is 1. The summed E-state index contributed by atoms with van der Waals surface area (Å²) in [6.07, 6.45) is 0.488. The molecule has 3 nitrogen and oxygen atoms in total. The standard InChI is InChI=1S/C12H14O3S/c1-8(12(14)15)6-10-4-3-5-11(7-10)16-9(2)13/h3-5,7-8H,6H2,1-2H3,(H,14,15). The van der Waals surface area contributed by atoms with Gasteiger partial charge in [0, 0.05) is 11.8 Å². The lowest BCUT2D eigenvalue weighted by Crippen LogP contribution is -2.12. The molecule has 0 saturated carbocycles. The summed E-state index contributed by atoms with van der Waals surface area (Å²) in [6, 6.07) is 7.44. The molecular formula is C12H14O3S. The van der Waals surface area contributed by atoms with E-state index >= 15 is 0 Å². The lowest BCUT2D eigenvalue weighted by Gasteiger charge is -2.07. The molecule has 0 aliphatic carbocycles. The second kappa shape index (κ2) is 5.70. The molecule has 16 heavy (non-hydrogen) atoms. The fourth-order valence-electron chi connectivity index (χ4n) is 1.34. The molecule has 0 aliphatic heterocycles. The third-order valence-electron chi connectivity index (χ3n) is 2.12. The van der Waals surface area contributed by atoms with Crippen molar-refractivity contribution >= 4 is 22.8 Å². The minimum Gasteiger partial charge on any atom is -0.481 e. The van der Waals surface area contributed by atoms with Gasteiger partial charge in [-0.1, -0.05) is 30.8 Å². The van der Waals surface area contributed by atoms with Gasteiger partial charge >= 0.3 is 5.97 Å². The molecule has 1 atom stereocenters. The minimum atomic E-state index is -0.801. The topological polar surface area (TPSA) is 54.4 Å². The number of carboxylic acid groups (broad SMARTS) is 1. The van der Waals surface area contributed by atoms with Gasteiger partial charge in [-0.2, -0.15) is 0 Å². The maximum Gasteiger partial charge on any atom is 0.306 e. The summed E-state index contributed by atoms with van der Waals surface area (Å²) in [5.74, 6) is -1.21. The van der Waals surface area contributed by atoms with Gasteiger partial charge in [-0.05, 0) is 24.1 Å². The Morgan fingerprint density at radius 1 is 1.44 bits per heavy atom. The molecule has 0 amide bonds. The van der Waals surface area contributed by atoms with E-state index in [-0.39, 0.29) is 5.12 Å². The second-order valence-corrected chi connectivity index (χ2v) is 4.93. The molecule has 0 spiro atoms. The quantitative estimate of drug-likeness (QED) is 0.819. The van der Waals surface area contributed by atoms with E-state index in [4.69, 9.17) is 5.11 Å². The zero-order valence-corrected chi connectivity index (χ0v) is 10.1. The first kappa shape index (κ1) is 12.8. The smallest absolute Gasteiger partial charge is 0.306 e. The number of hydrogen-bond acceptors (Lipinski definition) is 3. The molecule has 1 unspecified atom stereocenters. The summed E-state index contributed by atoms with van der Waals surface area (Å²) in [5.41, 5.74) is 0.946. The largest absolute Gasteiger partial charge is 0.481 e. The zero-order chi connectivity index (χ0) is 12.1. The van der Waals surface area contributed by atoms with Crippen molar-refractivity contribution in [1.82, 2.24) is 0 Å². The number of carbonyl (C=O) groups excluding carboxylic acids is 1. The van der Waals surface area contributed by atoms with Gasteiger partial charge in [0.2, 0.25) is 0 Å². The van der Waals surface area contributed by atoms with E-state index in [1.54, 1.807) is 6.92 Å². The molecule has 0 fully saturated rings. The summed E-state index contributed by atoms with van der Waals surface area (Å²) in [5, 5.41) is 8.83. The van der Waals surface area contributed by atoms with Gasteiger partial charge in [-0.3, -0.25) is 9.59 Å². The molecule has 1 N–H and O–H groups in total. The average Bonchev–Trinajstić information content (AvgIpc) is 2.16. The number of carboxylic acids is 1. The van der Waals surface area contributed by atoms with E-state index in [0.717, 1.165) is 22.2 Å². The number of thioether (sulfide) groups is 1. The van der Waals surface area contributed by atoms with Crippen LogP contribution in [0.4, 0.5) is 0 Å². The highest BCUT2D eigenvalue weighted by Crippen LogP contribution is 2.21. The Kier molecular flexibility index (Phi) is 4.55. The van der Waals surface area contributed by atoms with Gasteiger partial charge < -0.3 is 5.11 Å². The van der Waals surface area contributed by atoms with E-state index in [1.807, 2.05) is 24.3 Å². The Hall–Kier alpha value is -1.29. The summed E-state index contributed by atoms with van der Waals surface area (Å²) < 4.78 is 0. The van der Waals surface area contributed by atoms with Gasteiger partial charge in [0.15, 0.2) is 5.12 Å². The maximum atomic E-state index is 10.9. The molecule has 1 aromatic carbocycles. The van der Waals surface area contributed by atoms with Crippen LogP contribution in [0.3, 0.4) is 0 Å². The van der Waals surface area contributed by atoms with Crippen LogP contribution >= 0.6 is 11.8 Å². The van der Waals surface area contributed by atoms with Crippen molar-refractivity contribution in [3.05, 3.63) is 29.8 Å². The molecule has 1 aromatic rings. The molecule has 0 saturated heterocycles. The summed E-state index contributed by atoms with van der Waals surface area (Å²) >= 11 is 1.16. The van der Waals surface area contributed by atoms with Crippen LogP contribution in [0.5, 0.6) is 0 Å². The van der Waals surface area contributed by atoms with Gasteiger partial charge in [0.25, 0.3) is 0 Å². The van der Waals surface area contributed by atoms with E-state index in [9.17, 15) is 9.59 Å². The normalized spacial score (nSPS) is 12.1. The number of aliphatic carboxylic acids is 1. The van der Waals surface area contributed by atoms with E-state index in [0.29, 0.717) is 6.42 Å². The lowest BCUT2D eigenvalue weighted by molar-refractivity contribution is -0.141. The number of carbonyl (C=O) groups is 2. The van der Waals surface area contributed by atoms with Crippen LogP contribution in [0.15, 0.2) is 29.2 Å². The van der Waals surface area contributed by atoms with Crippen molar-refractivity contribution in [3.8, 4) is 0 Å². The molecule has 0 aliphatic rings. The Bertz CT molecular complexity index is 401. The van der Waals surface area contributed by atoms with Crippen LogP contribution in [-0.4, -0.2) is 16.2 Å². The third-order valence-corrected chi connectivity index (χ3v) is 2.90. The molecular weight excluding hydrogens is 224 g/mol. The first-order valence-corrected chi connectivity index (χ1v) is 5.81. The number of rotatable bonds is 4. The maximum absolute atomic E-state index is 10.9. The van der Waals surface area contributed by atoms with Crippen molar-refractivity contribution in [2.75, 3.05) is 0 Å². The van der Waals surface area contributed by atoms with Crippen LogP contribution < -0.4 is 0 Å². The van der Waals surface area contributed by atoms with Crippen LogP contribution in [0, 0.1) is 5.92 Å². The Labute approximate surface area is 98.9 Å². The van der Waals surface area contributed by atoms with Crippen molar-refractivity contribution in [1.29, 1.82) is 0 Å². The Morgan fingerprint density at radius 3 is 2.69 bits per heavy atom. The summed E-state index contributed by atoms with van der Waals surface area (Å²) in [4.78, 5) is 22.5. The van der Waals surface area contributed by atoms with Crippen LogP contribution in [-0.2, 0) is 16.0 Å².